The molecule has 0 amide bonds. The molecule has 2 nitrogen and oxygen atoms in total. The normalized spacial score (nSPS) is 16.7. The zero-order valence-corrected chi connectivity index (χ0v) is 10.7. The minimum absolute atomic E-state index is 0.198. The third kappa shape index (κ3) is 3.10. The van der Waals surface area contributed by atoms with Crippen molar-refractivity contribution in [2.75, 3.05) is 13.2 Å². The summed E-state index contributed by atoms with van der Waals surface area (Å²) in [6.07, 6.45) is 3.51. The minimum Gasteiger partial charge on any atom is -0.496 e. The molecule has 19 heavy (non-hydrogen) atoms. The fourth-order valence-electron chi connectivity index (χ4n) is 2.16. The quantitative estimate of drug-likeness (QED) is 0.905. The standard InChI is InChI=1S/C14H16F3NO/c1-2-18-14(12-5-3-4-6-19-12)13-10(16)7-9(15)8-11(13)17/h5,7-8,14,18H,2-4,6H2,1H3. The van der Waals surface area contributed by atoms with Crippen LogP contribution >= 0.6 is 0 Å². The van der Waals surface area contributed by atoms with Crippen molar-refractivity contribution in [2.45, 2.75) is 25.8 Å². The third-order valence-electron chi connectivity index (χ3n) is 2.99. The van der Waals surface area contributed by atoms with Gasteiger partial charge in [-0.15, -0.1) is 0 Å². The van der Waals surface area contributed by atoms with Gasteiger partial charge in [-0.3, -0.25) is 0 Å². The number of hydrogen-bond acceptors (Lipinski definition) is 2. The molecule has 0 fully saturated rings. The molecule has 0 aromatic heterocycles. The Balaban J connectivity index is 2.41. The van der Waals surface area contributed by atoms with E-state index in [9.17, 15) is 13.2 Å². The van der Waals surface area contributed by atoms with E-state index in [0.717, 1.165) is 12.8 Å². The van der Waals surface area contributed by atoms with E-state index in [-0.39, 0.29) is 5.56 Å². The van der Waals surface area contributed by atoms with Crippen LogP contribution in [0.5, 0.6) is 0 Å². The molecule has 0 spiro atoms. The maximum atomic E-state index is 13.8. The highest BCUT2D eigenvalue weighted by Gasteiger charge is 2.26. The Labute approximate surface area is 110 Å². The number of rotatable bonds is 4. The lowest BCUT2D eigenvalue weighted by Gasteiger charge is -2.25. The van der Waals surface area contributed by atoms with Crippen LogP contribution in [-0.2, 0) is 4.74 Å². The van der Waals surface area contributed by atoms with Gasteiger partial charge in [0, 0.05) is 17.7 Å². The molecule has 1 aromatic rings. The summed E-state index contributed by atoms with van der Waals surface area (Å²) in [4.78, 5) is 0. The van der Waals surface area contributed by atoms with E-state index in [1.165, 1.54) is 0 Å². The highest BCUT2D eigenvalue weighted by Crippen LogP contribution is 2.30. The number of halogens is 3. The van der Waals surface area contributed by atoms with Crippen molar-refractivity contribution in [2.24, 2.45) is 0 Å². The van der Waals surface area contributed by atoms with Crippen LogP contribution < -0.4 is 5.32 Å². The number of benzene rings is 1. The van der Waals surface area contributed by atoms with Gasteiger partial charge in [0.1, 0.15) is 23.2 Å². The first-order valence-electron chi connectivity index (χ1n) is 6.34. The van der Waals surface area contributed by atoms with Crippen LogP contribution in [0.3, 0.4) is 0 Å². The van der Waals surface area contributed by atoms with Crippen LogP contribution in [0.15, 0.2) is 24.0 Å². The molecule has 0 saturated heterocycles. The largest absolute Gasteiger partial charge is 0.496 e. The molecule has 1 unspecified atom stereocenters. The minimum atomic E-state index is -0.924. The Morgan fingerprint density at radius 3 is 2.47 bits per heavy atom. The van der Waals surface area contributed by atoms with Gasteiger partial charge in [-0.05, 0) is 25.5 Å². The molecular weight excluding hydrogens is 255 g/mol. The zero-order valence-electron chi connectivity index (χ0n) is 10.7. The summed E-state index contributed by atoms with van der Waals surface area (Å²) in [5.41, 5.74) is -0.198. The Morgan fingerprint density at radius 2 is 1.95 bits per heavy atom. The maximum Gasteiger partial charge on any atom is 0.134 e. The number of nitrogens with one attached hydrogen (secondary N) is 1. The average molecular weight is 271 g/mol. The van der Waals surface area contributed by atoms with Crippen molar-refractivity contribution in [1.29, 1.82) is 0 Å². The fourth-order valence-corrected chi connectivity index (χ4v) is 2.16. The average Bonchev–Trinajstić information content (AvgIpc) is 2.37. The molecular formula is C14H16F3NO. The van der Waals surface area contributed by atoms with Gasteiger partial charge in [0.25, 0.3) is 0 Å². The van der Waals surface area contributed by atoms with Gasteiger partial charge in [0.2, 0.25) is 0 Å². The predicted molar refractivity (Wildman–Crippen MR) is 66.0 cm³/mol. The van der Waals surface area contributed by atoms with Gasteiger partial charge < -0.3 is 10.1 Å². The van der Waals surface area contributed by atoms with Gasteiger partial charge in [0.15, 0.2) is 0 Å². The van der Waals surface area contributed by atoms with Gasteiger partial charge in [-0.1, -0.05) is 6.92 Å². The summed E-state index contributed by atoms with van der Waals surface area (Å²) in [5, 5.41) is 2.97. The number of likely N-dealkylation sites (N-methyl/N-ethyl adjacent to an activating group) is 1. The first-order chi connectivity index (χ1) is 9.13. The summed E-state index contributed by atoms with van der Waals surface area (Å²) in [6.45, 7) is 2.87. The second-order valence-electron chi connectivity index (χ2n) is 4.37. The predicted octanol–water partition coefficient (Wildman–Crippen LogP) is 3.45. The van der Waals surface area contributed by atoms with Crippen LogP contribution in [0.4, 0.5) is 13.2 Å². The van der Waals surface area contributed by atoms with Crippen molar-refractivity contribution >= 4 is 0 Å². The Morgan fingerprint density at radius 1 is 1.26 bits per heavy atom. The molecule has 1 atom stereocenters. The first kappa shape index (κ1) is 13.9. The van der Waals surface area contributed by atoms with Crippen molar-refractivity contribution in [3.8, 4) is 0 Å². The van der Waals surface area contributed by atoms with Crippen molar-refractivity contribution < 1.29 is 17.9 Å². The molecule has 1 aliphatic rings. The maximum absolute atomic E-state index is 13.8. The van der Waals surface area contributed by atoms with Gasteiger partial charge in [-0.25, -0.2) is 13.2 Å². The molecule has 1 heterocycles. The first-order valence-corrected chi connectivity index (χ1v) is 6.34. The van der Waals surface area contributed by atoms with Crippen molar-refractivity contribution in [1.82, 2.24) is 5.32 Å². The van der Waals surface area contributed by atoms with Crippen LogP contribution in [0, 0.1) is 17.5 Å². The van der Waals surface area contributed by atoms with E-state index in [1.54, 1.807) is 0 Å². The van der Waals surface area contributed by atoms with E-state index in [4.69, 9.17) is 4.74 Å². The molecule has 0 aliphatic carbocycles. The highest BCUT2D eigenvalue weighted by molar-refractivity contribution is 5.30. The van der Waals surface area contributed by atoms with E-state index in [1.807, 2.05) is 13.0 Å². The summed E-state index contributed by atoms with van der Waals surface area (Å²) in [6, 6.07) is 0.657. The van der Waals surface area contributed by atoms with Gasteiger partial charge >= 0.3 is 0 Å². The molecule has 0 bridgehead atoms. The Bertz CT molecular complexity index is 465. The lowest BCUT2D eigenvalue weighted by Crippen LogP contribution is -2.27. The van der Waals surface area contributed by atoms with Crippen LogP contribution in [0.25, 0.3) is 0 Å². The lowest BCUT2D eigenvalue weighted by atomic mass is 10.0. The van der Waals surface area contributed by atoms with Crippen molar-refractivity contribution in [3.05, 3.63) is 47.0 Å². The van der Waals surface area contributed by atoms with Gasteiger partial charge in [-0.2, -0.15) is 0 Å². The second kappa shape index (κ2) is 6.10. The molecule has 1 N–H and O–H groups in total. The lowest BCUT2D eigenvalue weighted by molar-refractivity contribution is 0.166. The number of ether oxygens (including phenoxy) is 1. The van der Waals surface area contributed by atoms with E-state index < -0.39 is 23.5 Å². The highest BCUT2D eigenvalue weighted by atomic mass is 19.1. The van der Waals surface area contributed by atoms with E-state index >= 15 is 0 Å². The van der Waals surface area contributed by atoms with Crippen LogP contribution in [-0.4, -0.2) is 13.2 Å². The number of hydrogen-bond donors (Lipinski definition) is 1. The molecule has 1 aliphatic heterocycles. The zero-order chi connectivity index (χ0) is 13.8. The Kier molecular flexibility index (Phi) is 4.47. The van der Waals surface area contributed by atoms with Crippen LogP contribution in [0.2, 0.25) is 0 Å². The second-order valence-corrected chi connectivity index (χ2v) is 4.37. The monoisotopic (exact) mass is 271 g/mol. The number of allylic oxidation sites excluding steroid dienone is 1. The summed E-state index contributed by atoms with van der Waals surface area (Å²) >= 11 is 0. The molecule has 0 radical (unpaired) electrons. The molecule has 2 rings (SSSR count). The molecule has 1 aromatic carbocycles. The molecule has 5 heteroatoms. The summed E-state index contributed by atoms with van der Waals surface area (Å²) in [5.74, 6) is -2.23. The van der Waals surface area contributed by atoms with Crippen LogP contribution in [0.1, 0.15) is 31.4 Å². The van der Waals surface area contributed by atoms with Gasteiger partial charge in [0.05, 0.1) is 12.6 Å². The molecule has 0 saturated carbocycles. The molecule has 104 valence electrons. The van der Waals surface area contributed by atoms with E-state index in [2.05, 4.69) is 5.32 Å². The summed E-state index contributed by atoms with van der Waals surface area (Å²) in [7, 11) is 0. The third-order valence-corrected chi connectivity index (χ3v) is 2.99. The topological polar surface area (TPSA) is 21.3 Å². The smallest absolute Gasteiger partial charge is 0.134 e. The summed E-state index contributed by atoms with van der Waals surface area (Å²) < 4.78 is 46.1. The SMILES string of the molecule is CCNC(C1=CCCCO1)c1c(F)cc(F)cc1F. The van der Waals surface area contributed by atoms with Crippen molar-refractivity contribution in [3.63, 3.8) is 0 Å². The fraction of sp³-hybridized carbons (Fsp3) is 0.429. The van der Waals surface area contributed by atoms with E-state index in [0.29, 0.717) is 31.0 Å². The Hall–Kier alpha value is -1.49.